The van der Waals surface area contributed by atoms with Crippen LogP contribution in [0, 0.1) is 5.92 Å². The Labute approximate surface area is 165 Å². The number of hydrogen-bond acceptors (Lipinski definition) is 4. The Morgan fingerprint density at radius 2 is 1.85 bits per heavy atom. The maximum absolute atomic E-state index is 12.7. The Morgan fingerprint density at radius 1 is 1.07 bits per heavy atom. The van der Waals surface area contributed by atoms with Gasteiger partial charge in [0.2, 0.25) is 0 Å². The van der Waals surface area contributed by atoms with E-state index in [-0.39, 0.29) is 5.91 Å². The number of anilines is 1. The van der Waals surface area contributed by atoms with Gasteiger partial charge in [0.25, 0.3) is 5.91 Å². The zero-order chi connectivity index (χ0) is 18.6. The smallest absolute Gasteiger partial charge is 0.274 e. The molecule has 4 rings (SSSR count). The largest absolute Gasteiger partial charge is 0.355 e. The van der Waals surface area contributed by atoms with Crippen molar-refractivity contribution in [2.24, 2.45) is 5.92 Å². The third-order valence-electron chi connectivity index (χ3n) is 5.53. The van der Waals surface area contributed by atoms with Crippen molar-refractivity contribution >= 4 is 23.3 Å². The maximum Gasteiger partial charge on any atom is 0.274 e. The summed E-state index contributed by atoms with van der Waals surface area (Å²) in [6, 6.07) is 8.10. The highest BCUT2D eigenvalue weighted by atomic mass is 35.5. The Morgan fingerprint density at radius 3 is 2.63 bits per heavy atom. The normalized spacial score (nSPS) is 20.1. The fourth-order valence-electron chi connectivity index (χ4n) is 4.03. The molecule has 6 heteroatoms. The van der Waals surface area contributed by atoms with Crippen LogP contribution in [0.25, 0.3) is 0 Å². The number of piperidine rings is 1. The molecule has 0 radical (unpaired) electrons. The molecule has 1 aromatic carbocycles. The number of likely N-dealkylation sites (tertiary alicyclic amines) is 1. The van der Waals surface area contributed by atoms with Crippen LogP contribution in [-0.2, 0) is 6.42 Å². The van der Waals surface area contributed by atoms with Gasteiger partial charge in [0.15, 0.2) is 0 Å². The van der Waals surface area contributed by atoms with Gasteiger partial charge >= 0.3 is 0 Å². The van der Waals surface area contributed by atoms with Crippen molar-refractivity contribution in [2.45, 2.75) is 32.1 Å². The second kappa shape index (κ2) is 8.26. The Kier molecular flexibility index (Phi) is 5.58. The predicted octanol–water partition coefficient (Wildman–Crippen LogP) is 3.83. The van der Waals surface area contributed by atoms with E-state index < -0.39 is 0 Å². The first-order chi connectivity index (χ1) is 13.2. The van der Waals surface area contributed by atoms with Crippen molar-refractivity contribution in [3.8, 4) is 0 Å². The highest BCUT2D eigenvalue weighted by Crippen LogP contribution is 2.25. The molecule has 0 spiro atoms. The van der Waals surface area contributed by atoms with Crippen molar-refractivity contribution in [3.63, 3.8) is 0 Å². The number of aromatic nitrogens is 2. The average Bonchev–Trinajstić information content (AvgIpc) is 3.18. The summed E-state index contributed by atoms with van der Waals surface area (Å²) in [7, 11) is 0. The number of halogens is 1. The van der Waals surface area contributed by atoms with E-state index in [4.69, 9.17) is 11.6 Å². The molecule has 2 aromatic rings. The number of carbonyl (C=O) groups excluding carboxylic acids is 1. The second-order valence-electron chi connectivity index (χ2n) is 7.55. The minimum atomic E-state index is 0.0148. The zero-order valence-electron chi connectivity index (χ0n) is 15.5. The van der Waals surface area contributed by atoms with Gasteiger partial charge in [-0.3, -0.25) is 9.78 Å². The quantitative estimate of drug-likeness (QED) is 0.803. The highest BCUT2D eigenvalue weighted by molar-refractivity contribution is 6.30. The van der Waals surface area contributed by atoms with Crippen LogP contribution < -0.4 is 4.90 Å². The number of amides is 1. The molecule has 2 aliphatic heterocycles. The average molecular weight is 385 g/mol. The molecule has 1 aromatic heterocycles. The van der Waals surface area contributed by atoms with Gasteiger partial charge in [0, 0.05) is 31.2 Å². The SMILES string of the molecule is O=C(c1cncc(N2CCC(Cc3ccc(Cl)cc3)C2)n1)N1CCCCC1. The summed E-state index contributed by atoms with van der Waals surface area (Å²) in [5.74, 6) is 1.41. The van der Waals surface area contributed by atoms with E-state index in [1.165, 1.54) is 12.0 Å². The Balaban J connectivity index is 1.40. The van der Waals surface area contributed by atoms with E-state index in [0.29, 0.717) is 11.6 Å². The summed E-state index contributed by atoms with van der Waals surface area (Å²) in [6.07, 6.45) is 8.90. The lowest BCUT2D eigenvalue weighted by Gasteiger charge is -2.26. The third-order valence-corrected chi connectivity index (χ3v) is 5.78. The zero-order valence-corrected chi connectivity index (χ0v) is 16.2. The molecule has 0 aliphatic carbocycles. The molecule has 1 atom stereocenters. The maximum atomic E-state index is 12.7. The molecular formula is C21H25ClN4O. The van der Waals surface area contributed by atoms with Gasteiger partial charge in [0.1, 0.15) is 11.5 Å². The van der Waals surface area contributed by atoms with Gasteiger partial charge in [-0.25, -0.2) is 4.98 Å². The van der Waals surface area contributed by atoms with Gasteiger partial charge < -0.3 is 9.80 Å². The molecule has 0 bridgehead atoms. The van der Waals surface area contributed by atoms with Crippen LogP contribution in [-0.4, -0.2) is 47.0 Å². The molecule has 2 saturated heterocycles. The minimum Gasteiger partial charge on any atom is -0.355 e. The van der Waals surface area contributed by atoms with Crippen molar-refractivity contribution in [3.05, 3.63) is 52.9 Å². The molecule has 142 valence electrons. The molecule has 27 heavy (non-hydrogen) atoms. The van der Waals surface area contributed by atoms with E-state index in [1.54, 1.807) is 12.4 Å². The lowest BCUT2D eigenvalue weighted by Crippen LogP contribution is -2.36. The fraction of sp³-hybridized carbons (Fsp3) is 0.476. The molecule has 3 heterocycles. The van der Waals surface area contributed by atoms with E-state index in [1.807, 2.05) is 17.0 Å². The fourth-order valence-corrected chi connectivity index (χ4v) is 4.16. The highest BCUT2D eigenvalue weighted by Gasteiger charge is 2.25. The molecule has 0 N–H and O–H groups in total. The summed E-state index contributed by atoms with van der Waals surface area (Å²) in [6.45, 7) is 3.56. The van der Waals surface area contributed by atoms with Crippen LogP contribution in [0.4, 0.5) is 5.82 Å². The molecule has 0 saturated carbocycles. The topological polar surface area (TPSA) is 49.3 Å². The van der Waals surface area contributed by atoms with Crippen molar-refractivity contribution < 1.29 is 4.79 Å². The third kappa shape index (κ3) is 4.41. The van der Waals surface area contributed by atoms with Crippen LogP contribution in [0.1, 0.15) is 41.7 Å². The molecule has 1 unspecified atom stereocenters. The van der Waals surface area contributed by atoms with Gasteiger partial charge in [-0.2, -0.15) is 0 Å². The van der Waals surface area contributed by atoms with Crippen molar-refractivity contribution in [2.75, 3.05) is 31.1 Å². The van der Waals surface area contributed by atoms with Gasteiger partial charge in [0.05, 0.1) is 12.4 Å². The van der Waals surface area contributed by atoms with Crippen LogP contribution >= 0.6 is 11.6 Å². The summed E-state index contributed by atoms with van der Waals surface area (Å²) in [5, 5.41) is 0.775. The summed E-state index contributed by atoms with van der Waals surface area (Å²) in [4.78, 5) is 25.8. The van der Waals surface area contributed by atoms with Crippen LogP contribution in [0.2, 0.25) is 5.02 Å². The van der Waals surface area contributed by atoms with Crippen LogP contribution in [0.3, 0.4) is 0 Å². The summed E-state index contributed by atoms with van der Waals surface area (Å²) < 4.78 is 0. The first-order valence-corrected chi connectivity index (χ1v) is 10.2. The first kappa shape index (κ1) is 18.2. The van der Waals surface area contributed by atoms with E-state index in [2.05, 4.69) is 27.0 Å². The molecule has 2 fully saturated rings. The lowest BCUT2D eigenvalue weighted by atomic mass is 9.99. The van der Waals surface area contributed by atoms with Gasteiger partial charge in [-0.1, -0.05) is 23.7 Å². The molecule has 2 aliphatic rings. The number of benzene rings is 1. The Bertz CT molecular complexity index is 789. The molecule has 1 amide bonds. The van der Waals surface area contributed by atoms with Gasteiger partial charge in [-0.15, -0.1) is 0 Å². The number of carbonyl (C=O) groups is 1. The second-order valence-corrected chi connectivity index (χ2v) is 7.98. The van der Waals surface area contributed by atoms with E-state index in [9.17, 15) is 4.79 Å². The molecule has 5 nitrogen and oxygen atoms in total. The predicted molar refractivity (Wildman–Crippen MR) is 107 cm³/mol. The molecular weight excluding hydrogens is 360 g/mol. The monoisotopic (exact) mass is 384 g/mol. The van der Waals surface area contributed by atoms with Crippen molar-refractivity contribution in [1.29, 1.82) is 0 Å². The van der Waals surface area contributed by atoms with Crippen LogP contribution in [0.5, 0.6) is 0 Å². The van der Waals surface area contributed by atoms with Crippen LogP contribution in [0.15, 0.2) is 36.7 Å². The standard InChI is InChI=1S/C21H25ClN4O/c22-18-6-4-16(5-7-18)12-17-8-11-26(15-17)20-14-23-13-19(24-20)21(27)25-9-2-1-3-10-25/h4-7,13-14,17H,1-3,8-12,15H2. The number of hydrogen-bond donors (Lipinski definition) is 0. The summed E-state index contributed by atoms with van der Waals surface area (Å²) >= 11 is 5.97. The van der Waals surface area contributed by atoms with E-state index >= 15 is 0 Å². The first-order valence-electron chi connectivity index (χ1n) is 9.80. The van der Waals surface area contributed by atoms with E-state index in [0.717, 1.165) is 62.7 Å². The number of rotatable bonds is 4. The lowest BCUT2D eigenvalue weighted by molar-refractivity contribution is 0.0718. The Hall–Kier alpha value is -2.14. The number of nitrogens with zero attached hydrogens (tertiary/aromatic N) is 4. The van der Waals surface area contributed by atoms with Gasteiger partial charge in [-0.05, 0) is 55.7 Å². The summed E-state index contributed by atoms with van der Waals surface area (Å²) in [5.41, 5.74) is 1.78. The minimum absolute atomic E-state index is 0.0148. The van der Waals surface area contributed by atoms with Crippen molar-refractivity contribution in [1.82, 2.24) is 14.9 Å².